The van der Waals surface area contributed by atoms with Gasteiger partial charge in [0.2, 0.25) is 0 Å². The molecular formula is C27H31Cl2N3O. The van der Waals surface area contributed by atoms with Crippen molar-refractivity contribution in [3.8, 4) is 0 Å². The molecule has 0 saturated carbocycles. The van der Waals surface area contributed by atoms with Crippen molar-refractivity contribution in [1.29, 1.82) is 0 Å². The van der Waals surface area contributed by atoms with Crippen molar-refractivity contribution >= 4 is 40.0 Å². The van der Waals surface area contributed by atoms with Gasteiger partial charge in [-0.15, -0.1) is 0 Å². The molecule has 174 valence electrons. The lowest BCUT2D eigenvalue weighted by atomic mass is 9.96. The topological polar surface area (TPSA) is 36.4 Å². The summed E-state index contributed by atoms with van der Waals surface area (Å²) in [5.74, 6) is 0.686. The third kappa shape index (κ3) is 6.06. The summed E-state index contributed by atoms with van der Waals surface area (Å²) in [5, 5.41) is 2.24. The van der Waals surface area contributed by atoms with E-state index in [1.165, 1.54) is 5.56 Å². The minimum Gasteiger partial charge on any atom is -0.339 e. The van der Waals surface area contributed by atoms with E-state index in [4.69, 9.17) is 23.2 Å². The van der Waals surface area contributed by atoms with Gasteiger partial charge in [-0.1, -0.05) is 42.3 Å². The third-order valence-electron chi connectivity index (χ3n) is 6.77. The van der Waals surface area contributed by atoms with E-state index in [1.54, 1.807) is 6.20 Å². The molecule has 1 saturated heterocycles. The zero-order valence-corrected chi connectivity index (χ0v) is 20.8. The molecule has 33 heavy (non-hydrogen) atoms. The first-order valence-electron chi connectivity index (χ1n) is 11.7. The van der Waals surface area contributed by atoms with Crippen molar-refractivity contribution in [2.45, 2.75) is 38.6 Å². The van der Waals surface area contributed by atoms with Crippen LogP contribution in [0.2, 0.25) is 10.0 Å². The van der Waals surface area contributed by atoms with Gasteiger partial charge >= 0.3 is 0 Å². The number of hydrogen-bond donors (Lipinski definition) is 0. The average Bonchev–Trinajstić information content (AvgIpc) is 2.84. The van der Waals surface area contributed by atoms with Gasteiger partial charge in [0.15, 0.2) is 0 Å². The SMILES string of the molecule is CC(CCN(C)C1CCN(C(=O)c2ccc3ncccc3c2)CC1)Cc1ccc(Cl)c(Cl)c1. The van der Waals surface area contributed by atoms with Gasteiger partial charge in [0.25, 0.3) is 5.91 Å². The Bertz CT molecular complexity index is 1110. The molecule has 0 spiro atoms. The molecule has 4 nitrogen and oxygen atoms in total. The minimum absolute atomic E-state index is 0.122. The maximum absolute atomic E-state index is 13.0. The van der Waals surface area contributed by atoms with Crippen LogP contribution in [0.15, 0.2) is 54.7 Å². The molecule has 2 aromatic carbocycles. The lowest BCUT2D eigenvalue weighted by Gasteiger charge is -2.37. The summed E-state index contributed by atoms with van der Waals surface area (Å²) >= 11 is 12.2. The fourth-order valence-corrected chi connectivity index (χ4v) is 5.00. The van der Waals surface area contributed by atoms with E-state index in [0.29, 0.717) is 22.0 Å². The predicted octanol–water partition coefficient (Wildman–Crippen LogP) is 6.35. The van der Waals surface area contributed by atoms with Crippen molar-refractivity contribution in [1.82, 2.24) is 14.8 Å². The molecule has 3 aromatic rings. The molecule has 2 heterocycles. The number of fused-ring (bicyclic) bond motifs is 1. The number of carbonyl (C=O) groups excluding carboxylic acids is 1. The lowest BCUT2D eigenvalue weighted by Crippen LogP contribution is -2.46. The second-order valence-corrected chi connectivity index (χ2v) is 10.1. The van der Waals surface area contributed by atoms with Gasteiger partial charge in [-0.3, -0.25) is 9.78 Å². The second kappa shape index (κ2) is 10.9. The number of hydrogen-bond acceptors (Lipinski definition) is 3. The van der Waals surface area contributed by atoms with Crippen LogP contribution in [0.3, 0.4) is 0 Å². The van der Waals surface area contributed by atoms with Crippen molar-refractivity contribution in [2.75, 3.05) is 26.7 Å². The van der Waals surface area contributed by atoms with E-state index in [-0.39, 0.29) is 5.91 Å². The molecule has 6 heteroatoms. The number of pyridine rings is 1. The number of aromatic nitrogens is 1. The Labute approximate surface area is 206 Å². The van der Waals surface area contributed by atoms with Crippen molar-refractivity contribution in [3.63, 3.8) is 0 Å². The minimum atomic E-state index is 0.122. The van der Waals surface area contributed by atoms with Crippen LogP contribution < -0.4 is 0 Å². The van der Waals surface area contributed by atoms with Gasteiger partial charge in [0.1, 0.15) is 0 Å². The molecule has 4 rings (SSSR count). The first-order chi connectivity index (χ1) is 15.9. The maximum Gasteiger partial charge on any atom is 0.253 e. The standard InChI is InChI=1S/C27H31Cl2N3O/c1-19(16-20-5-7-24(28)25(29)17-20)9-13-31(2)23-10-14-32(15-11-23)27(33)22-6-8-26-21(18-22)4-3-12-30-26/h3-8,12,17-19,23H,9-11,13-16H2,1-2H3. The molecule has 0 aliphatic carbocycles. The van der Waals surface area contributed by atoms with Crippen LogP contribution >= 0.6 is 23.2 Å². The van der Waals surface area contributed by atoms with Crippen LogP contribution in [0.25, 0.3) is 10.9 Å². The Balaban J connectivity index is 1.24. The molecule has 1 amide bonds. The number of nitrogens with zero attached hydrogens (tertiary/aromatic N) is 3. The van der Waals surface area contributed by atoms with Crippen molar-refractivity contribution in [3.05, 3.63) is 75.9 Å². The molecule has 1 aliphatic rings. The summed E-state index contributed by atoms with van der Waals surface area (Å²) in [6.07, 6.45) is 5.93. The van der Waals surface area contributed by atoms with Crippen LogP contribution in [0.4, 0.5) is 0 Å². The molecular weight excluding hydrogens is 453 g/mol. The second-order valence-electron chi connectivity index (χ2n) is 9.26. The van der Waals surface area contributed by atoms with Gasteiger partial charge in [0, 0.05) is 36.3 Å². The Morgan fingerprint density at radius 1 is 1.12 bits per heavy atom. The Kier molecular flexibility index (Phi) is 7.90. The highest BCUT2D eigenvalue weighted by Crippen LogP contribution is 2.25. The van der Waals surface area contributed by atoms with Gasteiger partial charge < -0.3 is 9.80 Å². The van der Waals surface area contributed by atoms with Gasteiger partial charge in [0.05, 0.1) is 15.6 Å². The molecule has 1 unspecified atom stereocenters. The molecule has 0 radical (unpaired) electrons. The predicted molar refractivity (Wildman–Crippen MR) is 137 cm³/mol. The third-order valence-corrected chi connectivity index (χ3v) is 7.51. The zero-order chi connectivity index (χ0) is 23.4. The van der Waals surface area contributed by atoms with E-state index in [9.17, 15) is 4.79 Å². The fraction of sp³-hybridized carbons (Fsp3) is 0.407. The lowest BCUT2D eigenvalue weighted by molar-refractivity contribution is 0.0642. The van der Waals surface area contributed by atoms with Gasteiger partial charge in [-0.2, -0.15) is 0 Å². The molecule has 0 bridgehead atoms. The van der Waals surface area contributed by atoms with E-state index in [0.717, 1.165) is 61.8 Å². The molecule has 1 aliphatic heterocycles. The van der Waals surface area contributed by atoms with Crippen LogP contribution in [0, 0.1) is 5.92 Å². The normalized spacial score (nSPS) is 15.8. The summed E-state index contributed by atoms with van der Waals surface area (Å²) in [6, 6.07) is 16.1. The molecule has 0 N–H and O–H groups in total. The zero-order valence-electron chi connectivity index (χ0n) is 19.3. The first-order valence-corrected chi connectivity index (χ1v) is 12.4. The summed E-state index contributed by atoms with van der Waals surface area (Å²) in [4.78, 5) is 21.8. The molecule has 1 fully saturated rings. The molecule has 1 aromatic heterocycles. The summed E-state index contributed by atoms with van der Waals surface area (Å²) < 4.78 is 0. The summed E-state index contributed by atoms with van der Waals surface area (Å²) in [7, 11) is 2.21. The fourth-order valence-electron chi connectivity index (χ4n) is 4.68. The highest BCUT2D eigenvalue weighted by Gasteiger charge is 2.26. The highest BCUT2D eigenvalue weighted by molar-refractivity contribution is 6.42. The highest BCUT2D eigenvalue weighted by atomic mass is 35.5. The first kappa shape index (κ1) is 24.0. The van der Waals surface area contributed by atoms with E-state index in [2.05, 4.69) is 29.9 Å². The number of piperidine rings is 1. The average molecular weight is 484 g/mol. The number of rotatable bonds is 7. The number of likely N-dealkylation sites (tertiary alicyclic amines) is 1. The van der Waals surface area contributed by atoms with Crippen LogP contribution in [-0.4, -0.2) is 53.4 Å². The van der Waals surface area contributed by atoms with E-state index in [1.807, 2.05) is 47.4 Å². The number of amides is 1. The van der Waals surface area contributed by atoms with Crippen LogP contribution in [0.1, 0.15) is 42.1 Å². The van der Waals surface area contributed by atoms with E-state index >= 15 is 0 Å². The number of carbonyl (C=O) groups is 1. The Morgan fingerprint density at radius 2 is 1.91 bits per heavy atom. The van der Waals surface area contributed by atoms with Crippen molar-refractivity contribution in [2.24, 2.45) is 5.92 Å². The number of benzene rings is 2. The smallest absolute Gasteiger partial charge is 0.253 e. The van der Waals surface area contributed by atoms with Gasteiger partial charge in [-0.25, -0.2) is 0 Å². The molecule has 1 atom stereocenters. The largest absolute Gasteiger partial charge is 0.339 e. The van der Waals surface area contributed by atoms with Crippen LogP contribution in [-0.2, 0) is 6.42 Å². The Hall–Kier alpha value is -2.14. The van der Waals surface area contributed by atoms with Crippen molar-refractivity contribution < 1.29 is 4.79 Å². The summed E-state index contributed by atoms with van der Waals surface area (Å²) in [5.41, 5.74) is 2.90. The Morgan fingerprint density at radius 3 is 2.67 bits per heavy atom. The number of halogens is 2. The summed E-state index contributed by atoms with van der Waals surface area (Å²) in [6.45, 7) is 4.95. The van der Waals surface area contributed by atoms with Crippen LogP contribution in [0.5, 0.6) is 0 Å². The maximum atomic E-state index is 13.0. The quantitative estimate of drug-likeness (QED) is 0.392. The monoisotopic (exact) mass is 483 g/mol. The van der Waals surface area contributed by atoms with E-state index < -0.39 is 0 Å². The van der Waals surface area contributed by atoms with Gasteiger partial charge in [-0.05, 0) is 87.2 Å².